The lowest BCUT2D eigenvalue weighted by Crippen LogP contribution is -2.38. The number of benzodiazepines with no additional fused rings is 1. The molecule has 1 fully saturated rings. The van der Waals surface area contributed by atoms with Gasteiger partial charge in [0.25, 0.3) is 11.9 Å². The first-order valence-corrected chi connectivity index (χ1v) is 12.9. The molecule has 6 rings (SSSR count). The Morgan fingerprint density at radius 3 is 2.58 bits per heavy atom. The van der Waals surface area contributed by atoms with Gasteiger partial charge in [-0.25, -0.2) is 9.98 Å². The van der Waals surface area contributed by atoms with Crippen LogP contribution < -0.4 is 16.0 Å². The molecule has 200 valence electrons. The van der Waals surface area contributed by atoms with E-state index in [1.165, 1.54) is 0 Å². The number of nitrogens with two attached hydrogens (primary N) is 1. The highest BCUT2D eigenvalue weighted by Crippen LogP contribution is 2.31. The first kappa shape index (κ1) is 25.2. The summed E-state index contributed by atoms with van der Waals surface area (Å²) in [6.07, 6.45) is 0.477. The number of aliphatic imine (C=N–C) groups is 2. The molecule has 4 aromatic rings. The van der Waals surface area contributed by atoms with Crippen molar-refractivity contribution in [2.45, 2.75) is 6.17 Å². The quantitative estimate of drug-likeness (QED) is 0.271. The summed E-state index contributed by atoms with van der Waals surface area (Å²) in [6.45, 7) is 2.45. The van der Waals surface area contributed by atoms with Crippen molar-refractivity contribution < 1.29 is 14.3 Å². The number of nitrogens with one attached hydrogen (secondary N) is 2. The Kier molecular flexibility index (Phi) is 6.90. The van der Waals surface area contributed by atoms with Crippen molar-refractivity contribution in [2.75, 3.05) is 36.5 Å². The molecule has 0 spiro atoms. The third-order valence-corrected chi connectivity index (χ3v) is 6.74. The van der Waals surface area contributed by atoms with Crippen LogP contribution in [0, 0.1) is 5.41 Å². The van der Waals surface area contributed by atoms with Crippen LogP contribution in [-0.2, 0) is 14.3 Å². The van der Waals surface area contributed by atoms with E-state index < -0.39 is 12.1 Å². The molecule has 2 aliphatic rings. The number of amides is 1. The van der Waals surface area contributed by atoms with E-state index >= 15 is 0 Å². The molecule has 0 radical (unpaired) electrons. The number of hydrogen-bond donors (Lipinski definition) is 3. The number of benzene rings is 3. The van der Waals surface area contributed by atoms with E-state index in [2.05, 4.69) is 25.2 Å². The van der Waals surface area contributed by atoms with Crippen LogP contribution in [0.3, 0.4) is 0 Å². The van der Waals surface area contributed by atoms with Crippen LogP contribution in [-0.4, -0.2) is 61.0 Å². The normalized spacial score (nSPS) is 17.4. The van der Waals surface area contributed by atoms with E-state index in [1.807, 2.05) is 78.9 Å². The maximum Gasteiger partial charge on any atom is 0.291 e. The molecule has 1 unspecified atom stereocenters. The number of aromatic nitrogens is 1. The summed E-state index contributed by atoms with van der Waals surface area (Å²) in [5.41, 5.74) is 10.1. The lowest BCUT2D eigenvalue weighted by Gasteiger charge is -2.31. The zero-order chi connectivity index (χ0) is 27.5. The molecule has 3 heterocycles. The third kappa shape index (κ3) is 4.99. The molecule has 1 saturated heterocycles. The number of ether oxygens (including phenoxy) is 2. The molecule has 1 amide bonds. The Balaban J connectivity index is 1.33. The molecule has 4 N–H and O–H groups in total. The van der Waals surface area contributed by atoms with Crippen LogP contribution >= 0.6 is 0 Å². The maximum absolute atomic E-state index is 13.1. The number of morpholine rings is 1. The second-order valence-electron chi connectivity index (χ2n) is 9.29. The summed E-state index contributed by atoms with van der Waals surface area (Å²) >= 11 is 0. The Hall–Kier alpha value is -5.09. The number of carbonyl (C=O) groups excluding carboxylic acids is 1. The molecule has 1 aromatic heterocycles. The predicted molar refractivity (Wildman–Crippen MR) is 155 cm³/mol. The SMILES string of the molecule is N=C(O/C(N)=N/C1N=C(c2ccccc2)c2ccccc2NC1=O)c1ncc2ccccc2c1N1CCOCC1. The molecule has 40 heavy (non-hydrogen) atoms. The van der Waals surface area contributed by atoms with Crippen molar-refractivity contribution in [3.05, 3.63) is 102 Å². The molecule has 2 aliphatic heterocycles. The number of rotatable bonds is 4. The number of pyridine rings is 1. The first-order valence-electron chi connectivity index (χ1n) is 12.9. The van der Waals surface area contributed by atoms with E-state index in [0.717, 1.165) is 27.6 Å². The van der Waals surface area contributed by atoms with Crippen LogP contribution in [0.1, 0.15) is 16.8 Å². The number of hydrogen-bond acceptors (Lipinski definition) is 8. The number of anilines is 2. The second kappa shape index (κ2) is 11.0. The number of amidine groups is 1. The second-order valence-corrected chi connectivity index (χ2v) is 9.29. The van der Waals surface area contributed by atoms with Gasteiger partial charge in [-0.1, -0.05) is 72.8 Å². The molecular formula is C30H27N7O3. The first-order chi connectivity index (χ1) is 19.6. The van der Waals surface area contributed by atoms with E-state index in [4.69, 9.17) is 20.6 Å². The summed E-state index contributed by atoms with van der Waals surface area (Å²) in [5, 5.41) is 13.5. The van der Waals surface area contributed by atoms with Gasteiger partial charge in [-0.15, -0.1) is 0 Å². The van der Waals surface area contributed by atoms with Gasteiger partial charge in [-0.05, 0) is 6.07 Å². The lowest BCUT2D eigenvalue weighted by molar-refractivity contribution is -0.117. The van der Waals surface area contributed by atoms with Crippen molar-refractivity contribution in [3.8, 4) is 0 Å². The van der Waals surface area contributed by atoms with Crippen molar-refractivity contribution in [1.29, 1.82) is 5.41 Å². The fourth-order valence-corrected chi connectivity index (χ4v) is 4.88. The highest BCUT2D eigenvalue weighted by Gasteiger charge is 2.27. The van der Waals surface area contributed by atoms with Crippen LogP contribution in [0.5, 0.6) is 0 Å². The van der Waals surface area contributed by atoms with Crippen LogP contribution in [0.4, 0.5) is 11.4 Å². The predicted octanol–water partition coefficient (Wildman–Crippen LogP) is 3.54. The highest BCUT2D eigenvalue weighted by molar-refractivity contribution is 6.19. The van der Waals surface area contributed by atoms with Gasteiger partial charge in [0.2, 0.25) is 12.1 Å². The standard InChI is InChI=1S/C30H27N7O3/c31-27(25-26(37-14-16-39-17-15-37)21-11-5-4-10-20(21)18-33-25)40-30(32)36-28-29(38)34-23-13-7-6-12-22(23)24(35-28)19-8-2-1-3-9-19/h1-13,18,28,31H,14-17H2,(H2,32,36)(H,34,38). The van der Waals surface area contributed by atoms with Crippen LogP contribution in [0.25, 0.3) is 10.8 Å². The molecule has 10 nitrogen and oxygen atoms in total. The monoisotopic (exact) mass is 533 g/mol. The fourth-order valence-electron chi connectivity index (χ4n) is 4.88. The van der Waals surface area contributed by atoms with Gasteiger partial charge in [0.1, 0.15) is 5.69 Å². The summed E-state index contributed by atoms with van der Waals surface area (Å²) in [6, 6.07) is 24.5. The minimum Gasteiger partial charge on any atom is -0.405 e. The lowest BCUT2D eigenvalue weighted by atomic mass is 10.0. The minimum atomic E-state index is -1.22. The summed E-state index contributed by atoms with van der Waals surface area (Å²) in [5.74, 6) is -0.743. The fraction of sp³-hybridized carbons (Fsp3) is 0.167. The van der Waals surface area contributed by atoms with Crippen molar-refractivity contribution in [1.82, 2.24) is 4.98 Å². The molecule has 0 bridgehead atoms. The minimum absolute atomic E-state index is 0.280. The van der Waals surface area contributed by atoms with Gasteiger partial charge >= 0.3 is 0 Å². The molecule has 1 atom stereocenters. The van der Waals surface area contributed by atoms with E-state index in [1.54, 1.807) is 6.20 Å². The van der Waals surface area contributed by atoms with Gasteiger partial charge in [-0.2, -0.15) is 4.99 Å². The van der Waals surface area contributed by atoms with Crippen molar-refractivity contribution >= 4 is 45.7 Å². The number of nitrogens with zero attached hydrogens (tertiary/aromatic N) is 4. The Morgan fingerprint density at radius 1 is 1.02 bits per heavy atom. The highest BCUT2D eigenvalue weighted by atomic mass is 16.5. The number of carbonyl (C=O) groups is 1. The van der Waals surface area contributed by atoms with Crippen molar-refractivity contribution in [3.63, 3.8) is 0 Å². The number of fused-ring (bicyclic) bond motifs is 2. The van der Waals surface area contributed by atoms with Gasteiger partial charge in [0.15, 0.2) is 0 Å². The Labute approximate surface area is 230 Å². The Morgan fingerprint density at radius 2 is 1.75 bits per heavy atom. The molecule has 0 aliphatic carbocycles. The molecule has 3 aromatic carbocycles. The molecular weight excluding hydrogens is 506 g/mol. The van der Waals surface area contributed by atoms with Gasteiger partial charge in [-0.3, -0.25) is 10.2 Å². The zero-order valence-electron chi connectivity index (χ0n) is 21.6. The van der Waals surface area contributed by atoms with Gasteiger partial charge in [0, 0.05) is 41.2 Å². The van der Waals surface area contributed by atoms with E-state index in [-0.39, 0.29) is 11.9 Å². The van der Waals surface area contributed by atoms with E-state index in [0.29, 0.717) is 43.4 Å². The largest absolute Gasteiger partial charge is 0.405 e. The average Bonchev–Trinajstić information content (AvgIpc) is 3.13. The topological polar surface area (TPSA) is 138 Å². The van der Waals surface area contributed by atoms with Gasteiger partial charge in [0.05, 0.1) is 30.3 Å². The van der Waals surface area contributed by atoms with E-state index in [9.17, 15) is 4.79 Å². The molecule has 0 saturated carbocycles. The summed E-state index contributed by atoms with van der Waals surface area (Å²) < 4.78 is 11.2. The molecule has 10 heteroatoms. The smallest absolute Gasteiger partial charge is 0.291 e. The van der Waals surface area contributed by atoms with Gasteiger partial charge < -0.3 is 25.4 Å². The van der Waals surface area contributed by atoms with Crippen LogP contribution in [0.2, 0.25) is 0 Å². The maximum atomic E-state index is 13.1. The average molecular weight is 534 g/mol. The zero-order valence-corrected chi connectivity index (χ0v) is 21.6. The number of para-hydroxylation sites is 1. The summed E-state index contributed by atoms with van der Waals surface area (Å²) in [7, 11) is 0. The third-order valence-electron chi connectivity index (χ3n) is 6.74. The van der Waals surface area contributed by atoms with Crippen LogP contribution in [0.15, 0.2) is 95.0 Å². The van der Waals surface area contributed by atoms with Crippen molar-refractivity contribution in [2.24, 2.45) is 15.7 Å². The summed E-state index contributed by atoms with van der Waals surface area (Å²) in [4.78, 5) is 28.7. The Bertz CT molecular complexity index is 1650.